The predicted molar refractivity (Wildman–Crippen MR) is 79.6 cm³/mol. The zero-order chi connectivity index (χ0) is 14.5. The summed E-state index contributed by atoms with van der Waals surface area (Å²) in [7, 11) is 0. The minimum absolute atomic E-state index is 0. The van der Waals surface area contributed by atoms with E-state index in [0.29, 0.717) is 23.3 Å². The first kappa shape index (κ1) is 17.5. The number of hydrogen-bond acceptors (Lipinski definition) is 3. The highest BCUT2D eigenvalue weighted by Gasteiger charge is 2.06. The molecule has 0 saturated heterocycles. The molecule has 0 unspecified atom stereocenters. The molecule has 5 heteroatoms. The first-order valence-corrected chi connectivity index (χ1v) is 7.15. The van der Waals surface area contributed by atoms with Gasteiger partial charge in [-0.2, -0.15) is 0 Å². The number of aryl methyl sites for hydroxylation is 1. The van der Waals surface area contributed by atoms with Crippen molar-refractivity contribution < 1.29 is 26.5 Å². The van der Waals surface area contributed by atoms with E-state index in [0.717, 1.165) is 25.4 Å². The van der Waals surface area contributed by atoms with E-state index in [9.17, 15) is 4.79 Å². The zero-order valence-electron chi connectivity index (χ0n) is 12.7. The maximum atomic E-state index is 11.8. The Kier molecular flexibility index (Phi) is 6.72. The van der Waals surface area contributed by atoms with Crippen molar-refractivity contribution in [2.24, 2.45) is 0 Å². The highest BCUT2D eigenvalue weighted by atomic mass is 35.5. The van der Waals surface area contributed by atoms with Crippen LogP contribution in [0.1, 0.15) is 19.6 Å². The van der Waals surface area contributed by atoms with Crippen LogP contribution in [0, 0.1) is 6.92 Å². The van der Waals surface area contributed by atoms with Crippen molar-refractivity contribution in [1.82, 2.24) is 0 Å². The lowest BCUT2D eigenvalue weighted by Crippen LogP contribution is -3.12. The molecule has 1 aromatic carbocycles. The van der Waals surface area contributed by atoms with Crippen molar-refractivity contribution in [2.45, 2.75) is 20.8 Å². The van der Waals surface area contributed by atoms with E-state index in [4.69, 9.17) is 9.15 Å². The molecule has 1 N–H and O–H groups in total. The Morgan fingerprint density at radius 2 is 1.90 bits per heavy atom. The Morgan fingerprint density at radius 1 is 1.19 bits per heavy atom. The molecule has 4 nitrogen and oxygen atoms in total. The second-order valence-corrected chi connectivity index (χ2v) is 4.93. The number of fused-ring (bicyclic) bond motifs is 1. The number of likely N-dealkylation sites (N-methyl/N-ethyl adjacent to an activating group) is 1. The Morgan fingerprint density at radius 3 is 2.57 bits per heavy atom. The summed E-state index contributed by atoms with van der Waals surface area (Å²) in [4.78, 5) is 13.3. The Balaban J connectivity index is 0.00000220. The van der Waals surface area contributed by atoms with Crippen molar-refractivity contribution >= 4 is 11.0 Å². The van der Waals surface area contributed by atoms with E-state index in [1.807, 2.05) is 6.07 Å². The van der Waals surface area contributed by atoms with E-state index < -0.39 is 0 Å². The number of benzene rings is 1. The average Bonchev–Trinajstić information content (AvgIpc) is 2.43. The summed E-state index contributed by atoms with van der Waals surface area (Å²) in [6.45, 7) is 9.97. The summed E-state index contributed by atoms with van der Waals surface area (Å²) in [5.74, 6) is 1.37. The summed E-state index contributed by atoms with van der Waals surface area (Å²) in [6, 6.07) is 6.89. The number of hydrogen-bond donors (Lipinski definition) is 1. The van der Waals surface area contributed by atoms with Gasteiger partial charge in [-0.1, -0.05) is 0 Å². The molecule has 1 aromatic heterocycles. The van der Waals surface area contributed by atoms with Gasteiger partial charge in [0, 0.05) is 12.1 Å². The Bertz CT molecular complexity index is 635. The van der Waals surface area contributed by atoms with E-state index in [2.05, 4.69) is 13.8 Å². The van der Waals surface area contributed by atoms with Gasteiger partial charge in [-0.15, -0.1) is 0 Å². The monoisotopic (exact) mass is 311 g/mol. The molecule has 0 aliphatic carbocycles. The lowest BCUT2D eigenvalue weighted by molar-refractivity contribution is -0.896. The Hall–Kier alpha value is -1.52. The summed E-state index contributed by atoms with van der Waals surface area (Å²) >= 11 is 0. The molecule has 0 saturated carbocycles. The van der Waals surface area contributed by atoms with Crippen LogP contribution in [0.4, 0.5) is 0 Å². The molecule has 2 rings (SSSR count). The lowest BCUT2D eigenvalue weighted by Gasteiger charge is -2.15. The zero-order valence-corrected chi connectivity index (χ0v) is 13.5. The second-order valence-electron chi connectivity index (χ2n) is 4.93. The fourth-order valence-electron chi connectivity index (χ4n) is 2.26. The molecular weight excluding hydrogens is 290 g/mol. The van der Waals surface area contributed by atoms with Crippen molar-refractivity contribution in [2.75, 3.05) is 26.2 Å². The van der Waals surface area contributed by atoms with Crippen LogP contribution in [0.25, 0.3) is 11.0 Å². The Labute approximate surface area is 131 Å². The SMILES string of the molecule is CC[NH+](CC)CCOc1ccc2c(=O)cc(C)oc2c1.[Cl-]. The van der Waals surface area contributed by atoms with Crippen molar-refractivity contribution in [3.63, 3.8) is 0 Å². The highest BCUT2D eigenvalue weighted by molar-refractivity contribution is 5.77. The third-order valence-electron chi connectivity index (χ3n) is 3.55. The van der Waals surface area contributed by atoms with Crippen LogP contribution in [-0.2, 0) is 0 Å². The number of halogens is 1. The van der Waals surface area contributed by atoms with Crippen LogP contribution < -0.4 is 27.5 Å². The molecule has 0 aliphatic rings. The molecule has 116 valence electrons. The maximum absolute atomic E-state index is 11.8. The van der Waals surface area contributed by atoms with Gasteiger partial charge in [-0.05, 0) is 32.9 Å². The molecule has 0 bridgehead atoms. The van der Waals surface area contributed by atoms with Gasteiger partial charge in [0.05, 0.1) is 18.5 Å². The molecule has 0 amide bonds. The highest BCUT2D eigenvalue weighted by Crippen LogP contribution is 2.19. The van der Waals surface area contributed by atoms with Crippen LogP contribution in [0.2, 0.25) is 0 Å². The van der Waals surface area contributed by atoms with Crippen LogP contribution in [0.5, 0.6) is 5.75 Å². The van der Waals surface area contributed by atoms with Crippen molar-refractivity contribution in [3.05, 3.63) is 40.2 Å². The normalized spacial score (nSPS) is 10.7. The van der Waals surface area contributed by atoms with E-state index in [1.54, 1.807) is 19.1 Å². The molecule has 2 aromatic rings. The maximum Gasteiger partial charge on any atom is 0.192 e. The first-order chi connectivity index (χ1) is 9.63. The summed E-state index contributed by atoms with van der Waals surface area (Å²) < 4.78 is 11.3. The van der Waals surface area contributed by atoms with Crippen LogP contribution in [0.15, 0.2) is 33.5 Å². The molecule has 1 heterocycles. The fourth-order valence-corrected chi connectivity index (χ4v) is 2.26. The van der Waals surface area contributed by atoms with Crippen molar-refractivity contribution in [1.29, 1.82) is 0 Å². The molecule has 0 atom stereocenters. The minimum atomic E-state index is -0.0112. The molecule has 0 radical (unpaired) electrons. The third kappa shape index (κ3) is 4.48. The first-order valence-electron chi connectivity index (χ1n) is 7.15. The van der Waals surface area contributed by atoms with Gasteiger partial charge in [0.25, 0.3) is 0 Å². The van der Waals surface area contributed by atoms with Gasteiger partial charge in [-0.25, -0.2) is 0 Å². The average molecular weight is 312 g/mol. The van der Waals surface area contributed by atoms with Gasteiger partial charge >= 0.3 is 0 Å². The minimum Gasteiger partial charge on any atom is -1.00 e. The molecule has 0 spiro atoms. The number of nitrogens with one attached hydrogen (secondary N) is 1. The molecule has 0 aliphatic heterocycles. The lowest BCUT2D eigenvalue weighted by atomic mass is 10.2. The quantitative estimate of drug-likeness (QED) is 0.699. The molecular formula is C16H22ClNO3. The standard InChI is InChI=1S/C16H21NO3.ClH/c1-4-17(5-2)8-9-19-13-6-7-14-15(18)10-12(3)20-16(14)11-13;/h6-7,10-11H,4-5,8-9H2,1-3H3;1H. The molecule has 21 heavy (non-hydrogen) atoms. The van der Waals surface area contributed by atoms with Gasteiger partial charge in [0.15, 0.2) is 5.43 Å². The number of rotatable bonds is 6. The molecule has 0 fully saturated rings. The van der Waals surface area contributed by atoms with Gasteiger partial charge in [0.2, 0.25) is 0 Å². The van der Waals surface area contributed by atoms with E-state index in [1.165, 1.54) is 11.0 Å². The fraction of sp³-hybridized carbons (Fsp3) is 0.438. The number of quaternary nitrogens is 1. The summed E-state index contributed by atoms with van der Waals surface area (Å²) in [5.41, 5.74) is 0.575. The van der Waals surface area contributed by atoms with Gasteiger partial charge in [0.1, 0.15) is 30.2 Å². The van der Waals surface area contributed by atoms with Gasteiger partial charge < -0.3 is 26.5 Å². The van der Waals surface area contributed by atoms with E-state index >= 15 is 0 Å². The van der Waals surface area contributed by atoms with E-state index in [-0.39, 0.29) is 17.8 Å². The number of ether oxygens (including phenoxy) is 1. The predicted octanol–water partition coefficient (Wildman–Crippen LogP) is -1.59. The topological polar surface area (TPSA) is 43.9 Å². The van der Waals surface area contributed by atoms with Crippen LogP contribution in [0.3, 0.4) is 0 Å². The van der Waals surface area contributed by atoms with Gasteiger partial charge in [-0.3, -0.25) is 4.79 Å². The largest absolute Gasteiger partial charge is 1.00 e. The van der Waals surface area contributed by atoms with Crippen LogP contribution >= 0.6 is 0 Å². The van der Waals surface area contributed by atoms with Crippen molar-refractivity contribution in [3.8, 4) is 5.75 Å². The second kappa shape index (κ2) is 8.05. The summed E-state index contributed by atoms with van der Waals surface area (Å²) in [6.07, 6.45) is 0. The van der Waals surface area contributed by atoms with Crippen LogP contribution in [-0.4, -0.2) is 26.2 Å². The summed E-state index contributed by atoms with van der Waals surface area (Å²) in [5, 5.41) is 0.595. The third-order valence-corrected chi connectivity index (χ3v) is 3.55. The smallest absolute Gasteiger partial charge is 0.192 e.